The van der Waals surface area contributed by atoms with Crippen LogP contribution in [0.15, 0.2) is 48.5 Å². The molecule has 0 radical (unpaired) electrons. The van der Waals surface area contributed by atoms with Crippen LogP contribution >= 0.6 is 11.6 Å². The van der Waals surface area contributed by atoms with E-state index in [0.717, 1.165) is 18.4 Å². The second-order valence-electron chi connectivity index (χ2n) is 6.12. The highest BCUT2D eigenvalue weighted by Gasteiger charge is 2.37. The van der Waals surface area contributed by atoms with Crippen molar-refractivity contribution in [2.24, 2.45) is 5.92 Å². The zero-order valence-corrected chi connectivity index (χ0v) is 14.1. The number of amides is 2. The highest BCUT2D eigenvalue weighted by atomic mass is 35.5. The van der Waals surface area contributed by atoms with Crippen LogP contribution in [0.4, 0.5) is 11.4 Å². The minimum Gasteiger partial charge on any atom is -0.326 e. The van der Waals surface area contributed by atoms with Crippen molar-refractivity contribution in [3.63, 3.8) is 0 Å². The largest absolute Gasteiger partial charge is 0.326 e. The molecule has 2 N–H and O–H groups in total. The second kappa shape index (κ2) is 7.05. The molecule has 1 saturated carbocycles. The van der Waals surface area contributed by atoms with E-state index in [9.17, 15) is 9.59 Å². The van der Waals surface area contributed by atoms with Crippen molar-refractivity contribution in [3.05, 3.63) is 59.1 Å². The molecular weight excluding hydrogens is 324 g/mol. The molecule has 0 heterocycles. The summed E-state index contributed by atoms with van der Waals surface area (Å²) in [6, 6.07) is 14.6. The van der Waals surface area contributed by atoms with E-state index in [-0.39, 0.29) is 17.7 Å². The number of hydrogen-bond acceptors (Lipinski definition) is 2. The highest BCUT2D eigenvalue weighted by molar-refractivity contribution is 6.30. The van der Waals surface area contributed by atoms with Crippen molar-refractivity contribution in [2.45, 2.75) is 25.7 Å². The fourth-order valence-corrected chi connectivity index (χ4v) is 2.96. The third-order valence-corrected chi connectivity index (χ3v) is 4.31. The summed E-state index contributed by atoms with van der Waals surface area (Å²) in [7, 11) is 0. The molecule has 5 heteroatoms. The second-order valence-corrected chi connectivity index (χ2v) is 6.55. The van der Waals surface area contributed by atoms with Gasteiger partial charge in [0.05, 0.1) is 5.92 Å². The SMILES string of the molecule is CC(=O)Nc1cccc(NC(=O)C(c2ccc(Cl)cc2)C2CC2)c1. The van der Waals surface area contributed by atoms with Crippen LogP contribution in [-0.4, -0.2) is 11.8 Å². The molecule has 0 saturated heterocycles. The predicted octanol–water partition coefficient (Wildman–Crippen LogP) is 4.43. The van der Waals surface area contributed by atoms with Gasteiger partial charge in [0.2, 0.25) is 11.8 Å². The van der Waals surface area contributed by atoms with Gasteiger partial charge in [-0.2, -0.15) is 0 Å². The van der Waals surface area contributed by atoms with Gasteiger partial charge in [-0.05, 0) is 54.7 Å². The van der Waals surface area contributed by atoms with Gasteiger partial charge in [-0.3, -0.25) is 9.59 Å². The Morgan fingerprint density at radius 3 is 2.25 bits per heavy atom. The molecule has 1 atom stereocenters. The standard InChI is InChI=1S/C19H19ClN2O2/c1-12(23)21-16-3-2-4-17(11-16)22-19(24)18(13-5-6-13)14-7-9-15(20)10-8-14/h2-4,7-11,13,18H,5-6H2,1H3,(H,21,23)(H,22,24). The third-order valence-electron chi connectivity index (χ3n) is 4.06. The predicted molar refractivity (Wildman–Crippen MR) is 96.3 cm³/mol. The molecule has 1 aliphatic rings. The Morgan fingerprint density at radius 2 is 1.67 bits per heavy atom. The third kappa shape index (κ3) is 4.15. The van der Waals surface area contributed by atoms with Crippen LogP contribution in [0.1, 0.15) is 31.2 Å². The first-order chi connectivity index (χ1) is 11.5. The van der Waals surface area contributed by atoms with Crippen molar-refractivity contribution in [3.8, 4) is 0 Å². The molecule has 0 aliphatic heterocycles. The van der Waals surface area contributed by atoms with Crippen LogP contribution in [0, 0.1) is 5.92 Å². The van der Waals surface area contributed by atoms with E-state index in [0.29, 0.717) is 22.3 Å². The highest BCUT2D eigenvalue weighted by Crippen LogP contribution is 2.43. The Morgan fingerprint density at radius 1 is 1.04 bits per heavy atom. The first-order valence-electron chi connectivity index (χ1n) is 7.97. The summed E-state index contributed by atoms with van der Waals surface area (Å²) < 4.78 is 0. The zero-order valence-electron chi connectivity index (χ0n) is 13.4. The van der Waals surface area contributed by atoms with E-state index in [4.69, 9.17) is 11.6 Å². The number of anilines is 2. The van der Waals surface area contributed by atoms with Crippen LogP contribution in [-0.2, 0) is 9.59 Å². The van der Waals surface area contributed by atoms with Gasteiger partial charge in [0.1, 0.15) is 0 Å². The number of halogens is 1. The van der Waals surface area contributed by atoms with Crippen LogP contribution in [0.3, 0.4) is 0 Å². The van der Waals surface area contributed by atoms with E-state index in [1.807, 2.05) is 30.3 Å². The van der Waals surface area contributed by atoms with Crippen molar-refractivity contribution in [2.75, 3.05) is 10.6 Å². The summed E-state index contributed by atoms with van der Waals surface area (Å²) in [5.74, 6) is 0.0340. The molecule has 2 aromatic rings. The zero-order chi connectivity index (χ0) is 17.1. The smallest absolute Gasteiger partial charge is 0.232 e. The minimum atomic E-state index is -0.174. The monoisotopic (exact) mass is 342 g/mol. The summed E-state index contributed by atoms with van der Waals surface area (Å²) >= 11 is 5.94. The number of carbonyl (C=O) groups is 2. The van der Waals surface area contributed by atoms with Gasteiger partial charge in [0.15, 0.2) is 0 Å². The molecule has 1 aliphatic carbocycles. The van der Waals surface area contributed by atoms with Gasteiger partial charge in [-0.1, -0.05) is 29.8 Å². The number of rotatable bonds is 5. The lowest BCUT2D eigenvalue weighted by molar-refractivity contribution is -0.118. The minimum absolute atomic E-state index is 0.0280. The van der Waals surface area contributed by atoms with E-state index in [2.05, 4.69) is 10.6 Å². The molecule has 0 aromatic heterocycles. The van der Waals surface area contributed by atoms with E-state index in [1.54, 1.807) is 18.2 Å². The molecule has 0 bridgehead atoms. The lowest BCUT2D eigenvalue weighted by Crippen LogP contribution is -2.22. The quantitative estimate of drug-likeness (QED) is 0.844. The molecule has 2 amide bonds. The normalized spacial score (nSPS) is 14.8. The molecule has 1 unspecified atom stereocenters. The molecule has 3 rings (SSSR count). The fourth-order valence-electron chi connectivity index (χ4n) is 2.84. The van der Waals surface area contributed by atoms with Crippen LogP contribution < -0.4 is 10.6 Å². The average molecular weight is 343 g/mol. The van der Waals surface area contributed by atoms with Crippen molar-refractivity contribution in [1.29, 1.82) is 0 Å². The fraction of sp³-hybridized carbons (Fsp3) is 0.263. The number of carbonyl (C=O) groups excluding carboxylic acids is 2. The molecule has 4 nitrogen and oxygen atoms in total. The van der Waals surface area contributed by atoms with E-state index in [1.165, 1.54) is 6.92 Å². The van der Waals surface area contributed by atoms with Gasteiger partial charge < -0.3 is 10.6 Å². The Hall–Kier alpha value is -2.33. The van der Waals surface area contributed by atoms with Crippen molar-refractivity contribution >= 4 is 34.8 Å². The Bertz CT molecular complexity index is 754. The summed E-state index contributed by atoms with van der Waals surface area (Å²) in [6.45, 7) is 1.45. The van der Waals surface area contributed by atoms with Gasteiger partial charge in [0, 0.05) is 23.3 Å². The molecular formula is C19H19ClN2O2. The van der Waals surface area contributed by atoms with Crippen LogP contribution in [0.25, 0.3) is 0 Å². The maximum atomic E-state index is 12.8. The average Bonchev–Trinajstić information content (AvgIpc) is 3.34. The van der Waals surface area contributed by atoms with Gasteiger partial charge in [0.25, 0.3) is 0 Å². The van der Waals surface area contributed by atoms with E-state index >= 15 is 0 Å². The first kappa shape index (κ1) is 16.5. The Kier molecular flexibility index (Phi) is 4.86. The number of hydrogen-bond donors (Lipinski definition) is 2. The Labute approximate surface area is 146 Å². The van der Waals surface area contributed by atoms with Crippen LogP contribution in [0.2, 0.25) is 5.02 Å². The summed E-state index contributed by atoms with van der Waals surface area (Å²) in [4.78, 5) is 23.9. The molecule has 0 spiro atoms. The molecule has 24 heavy (non-hydrogen) atoms. The Balaban J connectivity index is 1.77. The van der Waals surface area contributed by atoms with Crippen LogP contribution in [0.5, 0.6) is 0 Å². The lowest BCUT2D eigenvalue weighted by atomic mass is 9.93. The maximum Gasteiger partial charge on any atom is 0.232 e. The molecule has 2 aromatic carbocycles. The molecule has 1 fully saturated rings. The van der Waals surface area contributed by atoms with Gasteiger partial charge in [-0.15, -0.1) is 0 Å². The summed E-state index contributed by atoms with van der Waals surface area (Å²) in [6.07, 6.45) is 2.12. The summed E-state index contributed by atoms with van der Waals surface area (Å²) in [5.41, 5.74) is 2.32. The maximum absolute atomic E-state index is 12.8. The number of nitrogens with one attached hydrogen (secondary N) is 2. The number of benzene rings is 2. The molecule has 124 valence electrons. The summed E-state index contributed by atoms with van der Waals surface area (Å²) in [5, 5.41) is 6.35. The van der Waals surface area contributed by atoms with Gasteiger partial charge >= 0.3 is 0 Å². The van der Waals surface area contributed by atoms with E-state index < -0.39 is 0 Å². The van der Waals surface area contributed by atoms with Crippen molar-refractivity contribution in [1.82, 2.24) is 0 Å². The van der Waals surface area contributed by atoms with Gasteiger partial charge in [-0.25, -0.2) is 0 Å². The topological polar surface area (TPSA) is 58.2 Å². The van der Waals surface area contributed by atoms with Crippen molar-refractivity contribution < 1.29 is 9.59 Å². The lowest BCUT2D eigenvalue weighted by Gasteiger charge is -2.17. The first-order valence-corrected chi connectivity index (χ1v) is 8.35.